The zero-order chi connectivity index (χ0) is 21.4. The van der Waals surface area contributed by atoms with E-state index in [0.29, 0.717) is 26.2 Å². The van der Waals surface area contributed by atoms with Crippen LogP contribution in [0.1, 0.15) is 29.7 Å². The molecule has 6 nitrogen and oxygen atoms in total. The van der Waals surface area contributed by atoms with Crippen molar-refractivity contribution in [3.8, 4) is 5.75 Å². The lowest BCUT2D eigenvalue weighted by Gasteiger charge is -2.43. The molecule has 0 aliphatic carbocycles. The van der Waals surface area contributed by atoms with E-state index in [9.17, 15) is 9.18 Å². The maximum absolute atomic E-state index is 13.3. The summed E-state index contributed by atoms with van der Waals surface area (Å²) >= 11 is 0. The van der Waals surface area contributed by atoms with Crippen LogP contribution >= 0.6 is 0 Å². The summed E-state index contributed by atoms with van der Waals surface area (Å²) in [5, 5.41) is 4.09. The normalized spacial score (nSPS) is 17.5. The summed E-state index contributed by atoms with van der Waals surface area (Å²) in [6.45, 7) is 2.19. The van der Waals surface area contributed by atoms with Crippen LogP contribution in [0.5, 0.6) is 5.75 Å². The van der Waals surface area contributed by atoms with Crippen LogP contribution in [0.2, 0.25) is 0 Å². The summed E-state index contributed by atoms with van der Waals surface area (Å²) in [6.07, 6.45) is 2.33. The molecule has 2 aliphatic rings. The molecular formula is C24H26FN3O3. The molecule has 1 fully saturated rings. The maximum Gasteiger partial charge on any atom is 0.317 e. The SMILES string of the molecule is COc1ccc2[nH]c3c(c2c1)CCOC31CCN(C(=O)NCc2cccc(F)c2)CC1. The van der Waals surface area contributed by atoms with Crippen molar-refractivity contribution in [1.82, 2.24) is 15.2 Å². The second-order valence-corrected chi connectivity index (χ2v) is 8.26. The number of aromatic nitrogens is 1. The number of aromatic amines is 1. The molecule has 1 saturated heterocycles. The van der Waals surface area contributed by atoms with Gasteiger partial charge in [-0.1, -0.05) is 12.1 Å². The smallest absolute Gasteiger partial charge is 0.317 e. The Hall–Kier alpha value is -3.06. The molecule has 31 heavy (non-hydrogen) atoms. The highest BCUT2D eigenvalue weighted by molar-refractivity contribution is 5.86. The van der Waals surface area contributed by atoms with Crippen LogP contribution < -0.4 is 10.1 Å². The third kappa shape index (κ3) is 3.63. The van der Waals surface area contributed by atoms with Gasteiger partial charge in [-0.25, -0.2) is 9.18 Å². The van der Waals surface area contributed by atoms with Gasteiger partial charge in [0.05, 0.1) is 19.4 Å². The second kappa shape index (κ2) is 7.89. The Morgan fingerprint density at radius 3 is 2.87 bits per heavy atom. The fraction of sp³-hybridized carbons (Fsp3) is 0.375. The van der Waals surface area contributed by atoms with Crippen molar-refractivity contribution >= 4 is 16.9 Å². The number of rotatable bonds is 3. The molecule has 1 spiro atoms. The Balaban J connectivity index is 1.29. The summed E-state index contributed by atoms with van der Waals surface area (Å²) in [7, 11) is 1.68. The van der Waals surface area contributed by atoms with Gasteiger partial charge in [-0.3, -0.25) is 0 Å². The van der Waals surface area contributed by atoms with Gasteiger partial charge < -0.3 is 24.7 Å². The Kier molecular flexibility index (Phi) is 5.06. The van der Waals surface area contributed by atoms with Crippen molar-refractivity contribution < 1.29 is 18.7 Å². The van der Waals surface area contributed by atoms with Crippen LogP contribution in [-0.4, -0.2) is 42.7 Å². The number of piperidine rings is 1. The number of ether oxygens (including phenoxy) is 2. The number of hydrogen-bond donors (Lipinski definition) is 2. The predicted molar refractivity (Wildman–Crippen MR) is 116 cm³/mol. The fourth-order valence-corrected chi connectivity index (χ4v) is 4.82. The van der Waals surface area contributed by atoms with Gasteiger partial charge in [0, 0.05) is 30.5 Å². The summed E-state index contributed by atoms with van der Waals surface area (Å²) < 4.78 is 25.1. The van der Waals surface area contributed by atoms with Crippen molar-refractivity contribution in [1.29, 1.82) is 0 Å². The summed E-state index contributed by atoms with van der Waals surface area (Å²) in [6, 6.07) is 12.3. The van der Waals surface area contributed by atoms with E-state index in [-0.39, 0.29) is 17.4 Å². The van der Waals surface area contributed by atoms with Crippen LogP contribution in [-0.2, 0) is 23.3 Å². The lowest BCUT2D eigenvalue weighted by molar-refractivity contribution is -0.0948. The molecule has 0 saturated carbocycles. The summed E-state index contributed by atoms with van der Waals surface area (Å²) in [5.41, 5.74) is 3.88. The van der Waals surface area contributed by atoms with E-state index in [1.165, 1.54) is 23.1 Å². The highest BCUT2D eigenvalue weighted by Gasteiger charge is 2.43. The number of fused-ring (bicyclic) bond motifs is 4. The van der Waals surface area contributed by atoms with Crippen LogP contribution in [0.4, 0.5) is 9.18 Å². The Morgan fingerprint density at radius 2 is 2.10 bits per heavy atom. The number of benzene rings is 2. The molecule has 2 aromatic carbocycles. The number of halogens is 1. The van der Waals surface area contributed by atoms with Gasteiger partial charge in [0.15, 0.2) is 0 Å². The Morgan fingerprint density at radius 1 is 1.26 bits per heavy atom. The van der Waals surface area contributed by atoms with E-state index in [0.717, 1.165) is 41.8 Å². The molecule has 1 aromatic heterocycles. The molecule has 7 heteroatoms. The number of hydrogen-bond acceptors (Lipinski definition) is 3. The number of H-pyrrole nitrogens is 1. The lowest BCUT2D eigenvalue weighted by Crippen LogP contribution is -2.50. The van der Waals surface area contributed by atoms with Gasteiger partial charge >= 0.3 is 6.03 Å². The molecule has 2 aliphatic heterocycles. The first kappa shape index (κ1) is 19.9. The minimum atomic E-state index is -0.390. The molecular weight excluding hydrogens is 397 g/mol. The van der Waals surface area contributed by atoms with Crippen LogP contribution in [0.3, 0.4) is 0 Å². The molecule has 3 aromatic rings. The number of carbonyl (C=O) groups is 1. The van der Waals surface area contributed by atoms with Gasteiger partial charge in [-0.2, -0.15) is 0 Å². The second-order valence-electron chi connectivity index (χ2n) is 8.26. The standard InChI is InChI=1S/C24H26FN3O3/c1-30-18-5-6-21-20(14-18)19-7-12-31-24(22(19)27-21)8-10-28(11-9-24)23(29)26-15-16-3-2-4-17(25)13-16/h2-6,13-14,27H,7-12,15H2,1H3,(H,26,29). The van der Waals surface area contributed by atoms with E-state index in [1.54, 1.807) is 19.2 Å². The monoisotopic (exact) mass is 423 g/mol. The topological polar surface area (TPSA) is 66.6 Å². The molecule has 0 unspecified atom stereocenters. The zero-order valence-corrected chi connectivity index (χ0v) is 17.5. The van der Waals surface area contributed by atoms with E-state index >= 15 is 0 Å². The minimum absolute atomic E-state index is 0.128. The minimum Gasteiger partial charge on any atom is -0.497 e. The number of likely N-dealkylation sites (tertiary alicyclic amines) is 1. The van der Waals surface area contributed by atoms with Gasteiger partial charge in [0.1, 0.15) is 17.2 Å². The predicted octanol–water partition coefficient (Wildman–Crippen LogP) is 4.09. The van der Waals surface area contributed by atoms with Gasteiger partial charge in [0.25, 0.3) is 0 Å². The quantitative estimate of drug-likeness (QED) is 0.667. The molecule has 3 heterocycles. The summed E-state index contributed by atoms with van der Waals surface area (Å²) in [4.78, 5) is 18.0. The first-order valence-electron chi connectivity index (χ1n) is 10.7. The maximum atomic E-state index is 13.3. The van der Waals surface area contributed by atoms with E-state index < -0.39 is 0 Å². The van der Waals surface area contributed by atoms with Crippen LogP contribution in [0, 0.1) is 5.82 Å². The number of methoxy groups -OCH3 is 1. The number of carbonyl (C=O) groups excluding carboxylic acids is 1. The largest absolute Gasteiger partial charge is 0.497 e. The third-order valence-corrected chi connectivity index (χ3v) is 6.49. The zero-order valence-electron chi connectivity index (χ0n) is 17.5. The van der Waals surface area contributed by atoms with Crippen molar-refractivity contribution in [2.75, 3.05) is 26.8 Å². The number of nitrogens with zero attached hydrogens (tertiary/aromatic N) is 1. The Bertz CT molecular complexity index is 1120. The first-order valence-corrected chi connectivity index (χ1v) is 10.7. The molecule has 0 radical (unpaired) electrons. The van der Waals surface area contributed by atoms with Crippen molar-refractivity contribution in [2.24, 2.45) is 0 Å². The highest BCUT2D eigenvalue weighted by atomic mass is 19.1. The molecule has 0 atom stereocenters. The van der Waals surface area contributed by atoms with Crippen molar-refractivity contribution in [3.05, 3.63) is 65.1 Å². The molecule has 0 bridgehead atoms. The van der Waals surface area contributed by atoms with E-state index in [2.05, 4.69) is 22.4 Å². The van der Waals surface area contributed by atoms with Crippen LogP contribution in [0.25, 0.3) is 10.9 Å². The van der Waals surface area contributed by atoms with Gasteiger partial charge in [-0.05, 0) is 60.7 Å². The van der Waals surface area contributed by atoms with Crippen molar-refractivity contribution in [2.45, 2.75) is 31.4 Å². The van der Waals surface area contributed by atoms with Crippen LogP contribution in [0.15, 0.2) is 42.5 Å². The fourth-order valence-electron chi connectivity index (χ4n) is 4.82. The molecule has 5 rings (SSSR count). The number of amides is 2. The lowest BCUT2D eigenvalue weighted by atomic mass is 9.83. The van der Waals surface area contributed by atoms with Gasteiger partial charge in [0.2, 0.25) is 0 Å². The summed E-state index contributed by atoms with van der Waals surface area (Å²) in [5.74, 6) is 0.549. The van der Waals surface area contributed by atoms with Crippen molar-refractivity contribution in [3.63, 3.8) is 0 Å². The highest BCUT2D eigenvalue weighted by Crippen LogP contribution is 2.44. The number of urea groups is 1. The van der Waals surface area contributed by atoms with E-state index in [4.69, 9.17) is 9.47 Å². The molecule has 162 valence electrons. The van der Waals surface area contributed by atoms with E-state index in [1.807, 2.05) is 11.0 Å². The average molecular weight is 423 g/mol. The third-order valence-electron chi connectivity index (χ3n) is 6.49. The Labute approximate surface area is 180 Å². The van der Waals surface area contributed by atoms with Gasteiger partial charge in [-0.15, -0.1) is 0 Å². The molecule has 2 amide bonds. The molecule has 2 N–H and O–H groups in total. The first-order chi connectivity index (χ1) is 15.1. The average Bonchev–Trinajstić information content (AvgIpc) is 3.17. The number of nitrogens with one attached hydrogen (secondary N) is 2.